The molecule has 5 nitrogen and oxygen atoms in total. The molecule has 0 radical (unpaired) electrons. The van der Waals surface area contributed by atoms with E-state index in [-0.39, 0.29) is 16.0 Å². The Hall–Kier alpha value is -1.83. The minimum Gasteiger partial charge on any atom is -0.486 e. The van der Waals surface area contributed by atoms with Crippen LogP contribution in [-0.4, -0.2) is 32.5 Å². The van der Waals surface area contributed by atoms with Gasteiger partial charge in [-0.25, -0.2) is 12.8 Å². The Morgan fingerprint density at radius 1 is 1.08 bits per heavy atom. The summed E-state index contributed by atoms with van der Waals surface area (Å²) >= 11 is 5.74. The van der Waals surface area contributed by atoms with E-state index in [2.05, 4.69) is 0 Å². The molecule has 1 fully saturated rings. The molecule has 2 aliphatic heterocycles. The first-order valence-corrected chi connectivity index (χ1v) is 10.1. The second kappa shape index (κ2) is 6.72. The van der Waals surface area contributed by atoms with Crippen molar-refractivity contribution < 1.29 is 22.3 Å². The fourth-order valence-corrected chi connectivity index (χ4v) is 5.33. The van der Waals surface area contributed by atoms with Crippen molar-refractivity contribution in [2.45, 2.75) is 23.8 Å². The lowest BCUT2D eigenvalue weighted by Crippen LogP contribution is -2.31. The van der Waals surface area contributed by atoms with Gasteiger partial charge in [0.15, 0.2) is 11.5 Å². The largest absolute Gasteiger partial charge is 0.486 e. The molecule has 0 aliphatic carbocycles. The van der Waals surface area contributed by atoms with Crippen LogP contribution in [0.2, 0.25) is 5.02 Å². The third kappa shape index (κ3) is 3.04. The fourth-order valence-electron chi connectivity index (χ4n) is 3.44. The van der Waals surface area contributed by atoms with E-state index in [1.54, 1.807) is 6.07 Å². The van der Waals surface area contributed by atoms with E-state index >= 15 is 0 Å². The molecule has 2 heterocycles. The maximum absolute atomic E-state index is 14.2. The number of nitrogens with zero attached hydrogens (tertiary/aromatic N) is 1. The molecule has 1 saturated heterocycles. The van der Waals surface area contributed by atoms with Crippen molar-refractivity contribution in [1.82, 2.24) is 4.31 Å². The maximum atomic E-state index is 14.2. The molecule has 8 heteroatoms. The molecule has 2 aromatic carbocycles. The number of fused-ring (bicyclic) bond motifs is 1. The highest BCUT2D eigenvalue weighted by Gasteiger charge is 2.38. The van der Waals surface area contributed by atoms with Crippen molar-refractivity contribution in [3.8, 4) is 11.5 Å². The van der Waals surface area contributed by atoms with Crippen LogP contribution in [0, 0.1) is 5.82 Å². The lowest BCUT2D eigenvalue weighted by atomic mass is 10.0. The van der Waals surface area contributed by atoms with Gasteiger partial charge >= 0.3 is 0 Å². The number of hydrogen-bond acceptors (Lipinski definition) is 4. The highest BCUT2D eigenvalue weighted by molar-refractivity contribution is 7.89. The summed E-state index contributed by atoms with van der Waals surface area (Å²) < 4.78 is 52.7. The van der Waals surface area contributed by atoms with Gasteiger partial charge in [-0.05, 0) is 48.7 Å². The quantitative estimate of drug-likeness (QED) is 0.791. The van der Waals surface area contributed by atoms with E-state index in [4.69, 9.17) is 21.1 Å². The van der Waals surface area contributed by atoms with Gasteiger partial charge in [-0.15, -0.1) is 0 Å². The van der Waals surface area contributed by atoms with Crippen LogP contribution in [0.15, 0.2) is 41.3 Å². The van der Waals surface area contributed by atoms with Gasteiger partial charge in [-0.3, -0.25) is 0 Å². The normalized spacial score (nSPS) is 20.3. The Morgan fingerprint density at radius 2 is 1.85 bits per heavy atom. The Morgan fingerprint density at radius 3 is 2.62 bits per heavy atom. The molecule has 0 bridgehead atoms. The van der Waals surface area contributed by atoms with Crippen LogP contribution >= 0.6 is 11.6 Å². The van der Waals surface area contributed by atoms with E-state index in [0.29, 0.717) is 44.1 Å². The lowest BCUT2D eigenvalue weighted by molar-refractivity contribution is 0.171. The first kappa shape index (κ1) is 17.6. The number of rotatable bonds is 3. The van der Waals surface area contributed by atoms with Crippen molar-refractivity contribution in [3.05, 3.63) is 52.8 Å². The molecule has 1 atom stereocenters. The zero-order valence-electron chi connectivity index (χ0n) is 13.8. The van der Waals surface area contributed by atoms with Crippen molar-refractivity contribution in [3.63, 3.8) is 0 Å². The van der Waals surface area contributed by atoms with Gasteiger partial charge < -0.3 is 9.47 Å². The Labute approximate surface area is 156 Å². The predicted molar refractivity (Wildman–Crippen MR) is 94.7 cm³/mol. The minimum absolute atomic E-state index is 0.159. The minimum atomic E-state index is -3.98. The lowest BCUT2D eigenvalue weighted by Gasteiger charge is -2.26. The van der Waals surface area contributed by atoms with E-state index in [1.165, 1.54) is 16.4 Å². The zero-order chi connectivity index (χ0) is 18.3. The molecule has 0 unspecified atom stereocenters. The van der Waals surface area contributed by atoms with E-state index < -0.39 is 15.8 Å². The van der Waals surface area contributed by atoms with Gasteiger partial charge in [-0.2, -0.15) is 4.31 Å². The van der Waals surface area contributed by atoms with Crippen LogP contribution in [0.1, 0.15) is 24.4 Å². The molecule has 2 aromatic rings. The molecule has 138 valence electrons. The molecule has 2 aliphatic rings. The molecule has 0 saturated carbocycles. The summed E-state index contributed by atoms with van der Waals surface area (Å²) in [5.74, 6) is 0.414. The molecular weight excluding hydrogens is 381 g/mol. The molecule has 0 N–H and O–H groups in total. The van der Waals surface area contributed by atoms with Crippen LogP contribution in [0.3, 0.4) is 0 Å². The van der Waals surface area contributed by atoms with Crippen molar-refractivity contribution in [2.75, 3.05) is 19.8 Å². The Bertz CT molecular complexity index is 950. The topological polar surface area (TPSA) is 55.8 Å². The van der Waals surface area contributed by atoms with E-state index in [1.807, 2.05) is 12.1 Å². The third-order valence-corrected chi connectivity index (χ3v) is 6.81. The van der Waals surface area contributed by atoms with Gasteiger partial charge in [0.2, 0.25) is 10.0 Å². The van der Waals surface area contributed by atoms with Crippen LogP contribution in [0.4, 0.5) is 4.39 Å². The monoisotopic (exact) mass is 397 g/mol. The van der Waals surface area contributed by atoms with Crippen molar-refractivity contribution >= 4 is 21.6 Å². The Balaban J connectivity index is 1.70. The van der Waals surface area contributed by atoms with Crippen LogP contribution in [-0.2, 0) is 10.0 Å². The SMILES string of the molecule is O=S(=O)(c1ccc(Cl)cc1F)N1CCC[C@H]1c1ccc2c(c1)OCCO2. The van der Waals surface area contributed by atoms with Crippen LogP contribution in [0.5, 0.6) is 11.5 Å². The molecule has 26 heavy (non-hydrogen) atoms. The highest BCUT2D eigenvalue weighted by atomic mass is 35.5. The second-order valence-electron chi connectivity index (χ2n) is 6.25. The number of benzene rings is 2. The molecule has 0 amide bonds. The highest BCUT2D eigenvalue weighted by Crippen LogP contribution is 2.40. The van der Waals surface area contributed by atoms with Crippen molar-refractivity contribution in [1.29, 1.82) is 0 Å². The summed E-state index contributed by atoms with van der Waals surface area (Å²) in [6, 6.07) is 8.68. The average molecular weight is 398 g/mol. The van der Waals surface area contributed by atoms with Crippen LogP contribution in [0.25, 0.3) is 0 Å². The second-order valence-corrected chi connectivity index (χ2v) is 8.55. The summed E-state index contributed by atoms with van der Waals surface area (Å²) in [5, 5.41) is 0.159. The smallest absolute Gasteiger partial charge is 0.246 e. The number of hydrogen-bond donors (Lipinski definition) is 0. The number of ether oxygens (including phenoxy) is 2. The molecule has 4 rings (SSSR count). The molecule has 0 spiro atoms. The summed E-state index contributed by atoms with van der Waals surface area (Å²) in [6.07, 6.45) is 1.36. The predicted octanol–water partition coefficient (Wildman–Crippen LogP) is 3.78. The summed E-state index contributed by atoms with van der Waals surface area (Å²) in [5.41, 5.74) is 0.810. The maximum Gasteiger partial charge on any atom is 0.246 e. The van der Waals surface area contributed by atoms with Gasteiger partial charge in [0.05, 0.1) is 6.04 Å². The number of sulfonamides is 1. The molecule has 0 aromatic heterocycles. The van der Waals surface area contributed by atoms with Gasteiger partial charge in [-0.1, -0.05) is 17.7 Å². The van der Waals surface area contributed by atoms with Gasteiger partial charge in [0.1, 0.15) is 23.9 Å². The first-order valence-electron chi connectivity index (χ1n) is 8.33. The summed E-state index contributed by atoms with van der Waals surface area (Å²) in [7, 11) is -3.98. The van der Waals surface area contributed by atoms with Gasteiger partial charge in [0.25, 0.3) is 0 Å². The van der Waals surface area contributed by atoms with E-state index in [0.717, 1.165) is 11.6 Å². The van der Waals surface area contributed by atoms with Gasteiger partial charge in [0, 0.05) is 11.6 Å². The summed E-state index contributed by atoms with van der Waals surface area (Å²) in [6.45, 7) is 1.29. The summed E-state index contributed by atoms with van der Waals surface area (Å²) in [4.78, 5) is -0.355. The van der Waals surface area contributed by atoms with Crippen molar-refractivity contribution in [2.24, 2.45) is 0 Å². The van der Waals surface area contributed by atoms with Crippen LogP contribution < -0.4 is 9.47 Å². The third-order valence-electron chi connectivity index (χ3n) is 4.64. The first-order chi connectivity index (χ1) is 12.5. The number of halogens is 2. The average Bonchev–Trinajstić information content (AvgIpc) is 3.11. The zero-order valence-corrected chi connectivity index (χ0v) is 15.4. The van der Waals surface area contributed by atoms with E-state index in [9.17, 15) is 12.8 Å². The standard InChI is InChI=1S/C18H17ClFNO4S/c19-13-4-6-18(14(20)11-13)26(22,23)21-7-1-2-15(21)12-3-5-16-17(10-12)25-9-8-24-16/h3-6,10-11,15H,1-2,7-9H2/t15-/m0/s1. The molecular formula is C18H17ClFNO4S. The fraction of sp³-hybridized carbons (Fsp3) is 0.333. The Kier molecular flexibility index (Phi) is 4.54.